The van der Waals surface area contributed by atoms with Crippen molar-refractivity contribution in [3.05, 3.63) is 84.3 Å². The quantitative estimate of drug-likeness (QED) is 0.102. The van der Waals surface area contributed by atoms with Crippen LogP contribution in [-0.4, -0.2) is 100 Å². The summed E-state index contributed by atoms with van der Waals surface area (Å²) in [5.41, 5.74) is 2.44. The third kappa shape index (κ3) is 9.18. The van der Waals surface area contributed by atoms with E-state index in [-0.39, 0.29) is 29.5 Å². The second kappa shape index (κ2) is 18.1. The fraction of sp³-hybridized carbons (Fsp3) is 0.439. The molecule has 0 aliphatic carbocycles. The van der Waals surface area contributed by atoms with Crippen molar-refractivity contribution in [2.45, 2.75) is 83.3 Å². The summed E-state index contributed by atoms with van der Waals surface area (Å²) in [6, 6.07) is 23.0. The molecule has 3 aromatic heterocycles. The Morgan fingerprint density at radius 3 is 2.21 bits per heavy atom. The minimum absolute atomic E-state index is 0.0539. The van der Waals surface area contributed by atoms with Crippen molar-refractivity contribution in [3.8, 4) is 5.75 Å². The van der Waals surface area contributed by atoms with E-state index in [0.29, 0.717) is 67.3 Å². The van der Waals surface area contributed by atoms with Crippen molar-refractivity contribution in [2.24, 2.45) is 0 Å². The first-order chi connectivity index (χ1) is 27.5. The van der Waals surface area contributed by atoms with Gasteiger partial charge < -0.3 is 29.2 Å². The number of piperidine rings is 1. The van der Waals surface area contributed by atoms with Gasteiger partial charge in [0.1, 0.15) is 22.5 Å². The minimum atomic E-state index is -2.76. The highest BCUT2D eigenvalue weighted by Crippen LogP contribution is 2.37. The van der Waals surface area contributed by atoms with Crippen LogP contribution in [0.15, 0.2) is 72.9 Å². The van der Waals surface area contributed by atoms with Gasteiger partial charge in [0.15, 0.2) is 5.82 Å². The predicted octanol–water partition coefficient (Wildman–Crippen LogP) is 6.26. The van der Waals surface area contributed by atoms with Crippen LogP contribution in [0.5, 0.6) is 5.75 Å². The van der Waals surface area contributed by atoms with Gasteiger partial charge in [-0.05, 0) is 41.1 Å². The third-order valence-corrected chi connectivity index (χ3v) is 15.7. The molecular formula is C41H53N9O6Si. The van der Waals surface area contributed by atoms with Gasteiger partial charge in [-0.15, -0.1) is 5.10 Å². The average Bonchev–Trinajstić information content (AvgIpc) is 3.62. The molecule has 15 nitrogen and oxygen atoms in total. The highest BCUT2D eigenvalue weighted by molar-refractivity contribution is 6.99. The fourth-order valence-electron chi connectivity index (χ4n) is 7.77. The second-order valence-electron chi connectivity index (χ2n) is 15.3. The van der Waals surface area contributed by atoms with Gasteiger partial charge in [-0.1, -0.05) is 94.8 Å². The number of carbonyl (C=O) groups excluding carboxylic acids is 1. The summed E-state index contributed by atoms with van der Waals surface area (Å²) in [4.78, 5) is 34.5. The maximum absolute atomic E-state index is 12.3. The molecule has 1 atom stereocenters. The summed E-state index contributed by atoms with van der Waals surface area (Å²) in [5, 5.41) is 31.7. The number of nitrogens with zero attached hydrogens (tertiary/aromatic N) is 7. The molecular weight excluding hydrogens is 743 g/mol. The van der Waals surface area contributed by atoms with Crippen molar-refractivity contribution in [1.82, 2.24) is 34.8 Å². The van der Waals surface area contributed by atoms with Crippen molar-refractivity contribution < 1.29 is 28.6 Å². The Morgan fingerprint density at radius 1 is 0.965 bits per heavy atom. The first-order valence-electron chi connectivity index (χ1n) is 19.5. The SMILES string of the molecule is CCCC(CCO[Si](c1ccccc1)(c1ccccc1)C(C)(C)C)Nc1nc(NC(=O)OC)nc2cnn(Cc3nnc(C4CCN(C(=O)O)CC4)cc3OC)c12. The lowest BCUT2D eigenvalue weighted by Gasteiger charge is -2.43. The molecule has 2 amide bonds. The lowest BCUT2D eigenvalue weighted by atomic mass is 9.93. The molecule has 57 heavy (non-hydrogen) atoms. The minimum Gasteiger partial charge on any atom is -0.495 e. The number of hydrogen-bond donors (Lipinski definition) is 3. The van der Waals surface area contributed by atoms with Gasteiger partial charge in [0, 0.05) is 37.7 Å². The second-order valence-corrected chi connectivity index (χ2v) is 19.6. The number of amides is 2. The first kappa shape index (κ1) is 41.0. The smallest absolute Gasteiger partial charge is 0.413 e. The van der Waals surface area contributed by atoms with Crippen molar-refractivity contribution in [1.29, 1.82) is 0 Å². The molecule has 0 spiro atoms. The number of likely N-dealkylation sites (tertiary alicyclic amines) is 1. The van der Waals surface area contributed by atoms with E-state index in [0.717, 1.165) is 18.5 Å². The van der Waals surface area contributed by atoms with Crippen LogP contribution in [0, 0.1) is 0 Å². The summed E-state index contributed by atoms with van der Waals surface area (Å²) in [7, 11) is 0.112. The summed E-state index contributed by atoms with van der Waals surface area (Å²) < 4.78 is 19.6. The molecule has 0 saturated carbocycles. The van der Waals surface area contributed by atoms with E-state index in [2.05, 4.69) is 107 Å². The van der Waals surface area contributed by atoms with Crippen molar-refractivity contribution >= 4 is 53.7 Å². The van der Waals surface area contributed by atoms with Crippen LogP contribution in [0.1, 0.15) is 77.1 Å². The Kier molecular flexibility index (Phi) is 13.0. The summed E-state index contributed by atoms with van der Waals surface area (Å²) >= 11 is 0. The Hall–Kier alpha value is -5.61. The number of ether oxygens (including phenoxy) is 2. The fourth-order valence-corrected chi connectivity index (χ4v) is 12.4. The number of carbonyl (C=O) groups is 2. The Balaban J connectivity index is 1.29. The number of hydrogen-bond acceptors (Lipinski definition) is 11. The lowest BCUT2D eigenvalue weighted by molar-refractivity contribution is 0.131. The highest BCUT2D eigenvalue weighted by Gasteiger charge is 2.50. The molecule has 1 aliphatic heterocycles. The predicted molar refractivity (Wildman–Crippen MR) is 221 cm³/mol. The van der Waals surface area contributed by atoms with Crippen LogP contribution in [0.2, 0.25) is 5.04 Å². The van der Waals surface area contributed by atoms with Gasteiger partial charge in [-0.25, -0.2) is 14.6 Å². The number of carboxylic acid groups (broad SMARTS) is 1. The Morgan fingerprint density at radius 2 is 1.63 bits per heavy atom. The molecule has 2 aromatic carbocycles. The molecule has 5 aromatic rings. The number of methoxy groups -OCH3 is 2. The summed E-state index contributed by atoms with van der Waals surface area (Å²) in [5.74, 6) is 1.18. The van der Waals surface area contributed by atoms with Crippen molar-refractivity contribution in [2.75, 3.05) is 44.5 Å². The molecule has 0 radical (unpaired) electrons. The van der Waals surface area contributed by atoms with Crippen LogP contribution < -0.4 is 25.7 Å². The van der Waals surface area contributed by atoms with Gasteiger partial charge >= 0.3 is 12.2 Å². The summed E-state index contributed by atoms with van der Waals surface area (Å²) in [6.07, 6.45) is 3.76. The Labute approximate surface area is 334 Å². The molecule has 1 aliphatic rings. The zero-order valence-electron chi connectivity index (χ0n) is 33.6. The van der Waals surface area contributed by atoms with E-state index in [4.69, 9.17) is 18.9 Å². The molecule has 4 heterocycles. The lowest BCUT2D eigenvalue weighted by Crippen LogP contribution is -2.66. The molecule has 3 N–H and O–H groups in total. The van der Waals surface area contributed by atoms with Crippen LogP contribution in [0.4, 0.5) is 21.4 Å². The van der Waals surface area contributed by atoms with E-state index < -0.39 is 20.5 Å². The topological polar surface area (TPSA) is 179 Å². The average molecular weight is 796 g/mol. The molecule has 0 bridgehead atoms. The van der Waals surface area contributed by atoms with E-state index >= 15 is 0 Å². The van der Waals surface area contributed by atoms with Gasteiger partial charge in [-0.2, -0.15) is 15.2 Å². The zero-order valence-corrected chi connectivity index (χ0v) is 34.6. The number of nitrogens with one attached hydrogen (secondary N) is 2. The van der Waals surface area contributed by atoms with Gasteiger partial charge in [0.25, 0.3) is 8.32 Å². The van der Waals surface area contributed by atoms with Crippen LogP contribution in [0.25, 0.3) is 11.0 Å². The first-order valence-corrected chi connectivity index (χ1v) is 21.4. The number of aromatic nitrogens is 6. The molecule has 302 valence electrons. The largest absolute Gasteiger partial charge is 0.495 e. The van der Waals surface area contributed by atoms with Crippen LogP contribution >= 0.6 is 0 Å². The Bertz CT molecular complexity index is 2080. The van der Waals surface area contributed by atoms with E-state index in [9.17, 15) is 14.7 Å². The van der Waals surface area contributed by atoms with E-state index in [1.807, 2.05) is 18.2 Å². The highest BCUT2D eigenvalue weighted by atomic mass is 28.4. The number of anilines is 2. The molecule has 1 fully saturated rings. The summed E-state index contributed by atoms with van der Waals surface area (Å²) in [6.45, 7) is 10.5. The van der Waals surface area contributed by atoms with E-state index in [1.165, 1.54) is 22.4 Å². The monoisotopic (exact) mass is 795 g/mol. The number of rotatable bonds is 15. The number of benzene rings is 2. The standard InChI is InChI=1S/C41H53N9O6Si/c1-7-14-29(21-24-56-57(41(2,3)4,30-15-10-8-11-16-30)31-17-12-9-13-18-31)43-37-36-33(44-38(45-37)46-39(51)55-6)26-42-50(36)27-34-35(54-5)25-32(47-48-34)28-19-22-49(23-20-28)40(52)53/h8-13,15-18,25-26,28-29H,7,14,19-24,27H2,1-6H3,(H,52,53)(H2,43,44,45,46,51). The molecule has 16 heteroatoms. The molecule has 1 unspecified atom stereocenters. The van der Waals surface area contributed by atoms with Crippen LogP contribution in [0.3, 0.4) is 0 Å². The van der Waals surface area contributed by atoms with Crippen LogP contribution in [-0.2, 0) is 15.7 Å². The van der Waals surface area contributed by atoms with Gasteiger partial charge in [-0.3, -0.25) is 10.00 Å². The normalized spacial score (nSPS) is 14.3. The maximum atomic E-state index is 12.3. The third-order valence-electron chi connectivity index (χ3n) is 10.6. The zero-order chi connectivity index (χ0) is 40.6. The molecule has 1 saturated heterocycles. The van der Waals surface area contributed by atoms with Crippen molar-refractivity contribution in [3.63, 3.8) is 0 Å². The number of fused-ring (bicyclic) bond motifs is 1. The van der Waals surface area contributed by atoms with Gasteiger partial charge in [0.05, 0.1) is 32.7 Å². The van der Waals surface area contributed by atoms with Gasteiger partial charge in [0.2, 0.25) is 5.95 Å². The maximum Gasteiger partial charge on any atom is 0.413 e. The molecule has 6 rings (SSSR count). The van der Waals surface area contributed by atoms with E-state index in [1.54, 1.807) is 18.0 Å².